The van der Waals surface area contributed by atoms with Gasteiger partial charge in [-0.1, -0.05) is 0 Å². The predicted molar refractivity (Wildman–Crippen MR) is 83.7 cm³/mol. The number of benzene rings is 2. The number of hydrogen-bond acceptors (Lipinski definition) is 6. The van der Waals surface area contributed by atoms with Crippen LogP contribution in [0.25, 0.3) is 0 Å². The molecule has 0 saturated heterocycles. The van der Waals surface area contributed by atoms with Gasteiger partial charge in [0.05, 0.1) is 12.6 Å². The number of carbonyl (C=O) groups excluding carboxylic acids is 1. The third-order valence-corrected chi connectivity index (χ3v) is 3.06. The number of amides is 1. The summed E-state index contributed by atoms with van der Waals surface area (Å²) in [5.74, 6) is -0.952. The fourth-order valence-electron chi connectivity index (χ4n) is 2.08. The molecule has 1 amide bonds. The van der Waals surface area contributed by atoms with Gasteiger partial charge in [-0.25, -0.2) is 5.43 Å². The highest BCUT2D eigenvalue weighted by Gasteiger charge is 2.07. The molecule has 0 aromatic heterocycles. The Morgan fingerprint density at radius 1 is 1.04 bits per heavy atom. The Hall–Kier alpha value is -3.22. The first-order valence-corrected chi connectivity index (χ1v) is 6.71. The minimum Gasteiger partial charge on any atom is -0.508 e. The van der Waals surface area contributed by atoms with Crippen LogP contribution in [0.3, 0.4) is 0 Å². The molecule has 0 aliphatic rings. The van der Waals surface area contributed by atoms with E-state index in [0.29, 0.717) is 16.7 Å². The Labute approximate surface area is 132 Å². The van der Waals surface area contributed by atoms with Gasteiger partial charge in [-0.2, -0.15) is 5.10 Å². The summed E-state index contributed by atoms with van der Waals surface area (Å²) in [5.41, 5.74) is 3.68. The summed E-state index contributed by atoms with van der Waals surface area (Å²) in [6.45, 7) is 1.68. The van der Waals surface area contributed by atoms with E-state index in [1.54, 1.807) is 6.92 Å². The number of carbonyl (C=O) groups is 1. The topological polar surface area (TPSA) is 122 Å². The zero-order valence-electron chi connectivity index (χ0n) is 12.3. The van der Waals surface area contributed by atoms with Crippen molar-refractivity contribution in [1.29, 1.82) is 0 Å². The molecule has 5 N–H and O–H groups in total. The van der Waals surface area contributed by atoms with Crippen LogP contribution in [0.4, 0.5) is 0 Å². The Morgan fingerprint density at radius 2 is 1.65 bits per heavy atom. The van der Waals surface area contributed by atoms with Crippen LogP contribution < -0.4 is 5.43 Å². The van der Waals surface area contributed by atoms with E-state index in [9.17, 15) is 25.2 Å². The molecule has 0 spiro atoms. The molecule has 0 bridgehead atoms. The molecular weight excluding hydrogens is 300 g/mol. The molecule has 0 saturated carbocycles. The summed E-state index contributed by atoms with van der Waals surface area (Å²) in [6, 6.07) is 6.51. The van der Waals surface area contributed by atoms with Crippen molar-refractivity contribution >= 4 is 12.1 Å². The second kappa shape index (κ2) is 6.69. The van der Waals surface area contributed by atoms with Crippen LogP contribution in [0, 0.1) is 6.92 Å². The summed E-state index contributed by atoms with van der Waals surface area (Å²) < 4.78 is 0. The first kappa shape index (κ1) is 16.2. The van der Waals surface area contributed by atoms with Crippen molar-refractivity contribution in [2.45, 2.75) is 13.3 Å². The average Bonchev–Trinajstić information content (AvgIpc) is 2.40. The van der Waals surface area contributed by atoms with Crippen molar-refractivity contribution in [2.75, 3.05) is 0 Å². The number of nitrogens with one attached hydrogen (secondary N) is 1. The Morgan fingerprint density at radius 3 is 2.26 bits per heavy atom. The van der Waals surface area contributed by atoms with Crippen molar-refractivity contribution in [3.05, 3.63) is 47.0 Å². The third kappa shape index (κ3) is 4.37. The minimum atomic E-state index is -0.456. The van der Waals surface area contributed by atoms with Gasteiger partial charge in [0.15, 0.2) is 0 Å². The molecule has 2 aromatic rings. The molecule has 7 heteroatoms. The first-order valence-electron chi connectivity index (χ1n) is 6.71. The zero-order chi connectivity index (χ0) is 17.0. The van der Waals surface area contributed by atoms with Crippen LogP contribution in [0.1, 0.15) is 16.7 Å². The van der Waals surface area contributed by atoms with E-state index in [0.717, 1.165) is 6.07 Å². The molecule has 0 heterocycles. The van der Waals surface area contributed by atoms with Crippen molar-refractivity contribution in [3.63, 3.8) is 0 Å². The number of hydrazone groups is 1. The highest BCUT2D eigenvalue weighted by atomic mass is 16.3. The van der Waals surface area contributed by atoms with E-state index in [-0.39, 0.29) is 29.4 Å². The van der Waals surface area contributed by atoms with Crippen molar-refractivity contribution in [3.8, 4) is 23.0 Å². The molecule has 0 radical (unpaired) electrons. The van der Waals surface area contributed by atoms with Crippen LogP contribution in [-0.2, 0) is 11.2 Å². The molecule has 2 aromatic carbocycles. The van der Waals surface area contributed by atoms with Crippen LogP contribution in [0.15, 0.2) is 35.4 Å². The summed E-state index contributed by atoms with van der Waals surface area (Å²) in [7, 11) is 0. The fourth-order valence-corrected chi connectivity index (χ4v) is 2.08. The molecule has 120 valence electrons. The lowest BCUT2D eigenvalue weighted by Crippen LogP contribution is -2.19. The number of aromatic hydroxyl groups is 4. The standard InChI is InChI=1S/C16H16N2O5/c1-9-2-11(19)7-15(22)14(9)8-17-18-16(23)5-10-3-12(20)6-13(21)4-10/h2-4,6-8,19-22H,5H2,1H3,(H,18,23)/b17-8+. The van der Waals surface area contributed by atoms with Gasteiger partial charge in [0.2, 0.25) is 5.91 Å². The number of hydrogen-bond donors (Lipinski definition) is 5. The van der Waals surface area contributed by atoms with Gasteiger partial charge in [0.25, 0.3) is 0 Å². The van der Waals surface area contributed by atoms with Crippen molar-refractivity contribution < 1.29 is 25.2 Å². The van der Waals surface area contributed by atoms with Crippen LogP contribution in [0.5, 0.6) is 23.0 Å². The smallest absolute Gasteiger partial charge is 0.244 e. The predicted octanol–water partition coefficient (Wildman–Crippen LogP) is 1.51. The first-order chi connectivity index (χ1) is 10.8. The maximum Gasteiger partial charge on any atom is 0.244 e. The SMILES string of the molecule is Cc1cc(O)cc(O)c1/C=N/NC(=O)Cc1cc(O)cc(O)c1. The van der Waals surface area contributed by atoms with Gasteiger partial charge < -0.3 is 20.4 Å². The minimum absolute atomic E-state index is 0.0649. The maximum atomic E-state index is 11.8. The summed E-state index contributed by atoms with van der Waals surface area (Å²) in [6.07, 6.45) is 1.18. The average molecular weight is 316 g/mol. The van der Waals surface area contributed by atoms with Gasteiger partial charge >= 0.3 is 0 Å². The number of aryl methyl sites for hydroxylation is 1. The van der Waals surface area contributed by atoms with E-state index in [2.05, 4.69) is 10.5 Å². The van der Waals surface area contributed by atoms with Crippen LogP contribution >= 0.6 is 0 Å². The molecule has 0 fully saturated rings. The number of nitrogens with zero attached hydrogens (tertiary/aromatic N) is 1. The van der Waals surface area contributed by atoms with Crippen molar-refractivity contribution in [1.82, 2.24) is 5.43 Å². The number of phenols is 4. The van der Waals surface area contributed by atoms with E-state index in [1.807, 2.05) is 0 Å². The van der Waals surface area contributed by atoms with E-state index in [4.69, 9.17) is 0 Å². The van der Waals surface area contributed by atoms with Gasteiger partial charge in [-0.05, 0) is 36.2 Å². The number of rotatable bonds is 4. The number of phenolic OH excluding ortho intramolecular Hbond substituents is 4. The summed E-state index contributed by atoms with van der Waals surface area (Å²) in [4.78, 5) is 11.8. The fraction of sp³-hybridized carbons (Fsp3) is 0.125. The van der Waals surface area contributed by atoms with Gasteiger partial charge in [-0.3, -0.25) is 4.79 Å². The summed E-state index contributed by atoms with van der Waals surface area (Å²) in [5, 5.41) is 41.5. The maximum absolute atomic E-state index is 11.8. The Bertz CT molecular complexity index is 728. The molecular formula is C16H16N2O5. The van der Waals surface area contributed by atoms with E-state index in [1.165, 1.54) is 30.5 Å². The molecule has 2 rings (SSSR count). The Balaban J connectivity index is 2.02. The molecule has 23 heavy (non-hydrogen) atoms. The third-order valence-electron chi connectivity index (χ3n) is 3.06. The normalized spacial score (nSPS) is 10.8. The second-order valence-corrected chi connectivity index (χ2v) is 5.02. The monoisotopic (exact) mass is 316 g/mol. The summed E-state index contributed by atoms with van der Waals surface area (Å²) >= 11 is 0. The van der Waals surface area contributed by atoms with Gasteiger partial charge in [-0.15, -0.1) is 0 Å². The van der Waals surface area contributed by atoms with Gasteiger partial charge in [0.1, 0.15) is 23.0 Å². The molecule has 7 nitrogen and oxygen atoms in total. The molecule has 0 unspecified atom stereocenters. The largest absolute Gasteiger partial charge is 0.508 e. The lowest BCUT2D eigenvalue weighted by Gasteiger charge is -2.05. The van der Waals surface area contributed by atoms with E-state index < -0.39 is 5.91 Å². The second-order valence-electron chi connectivity index (χ2n) is 5.02. The quantitative estimate of drug-likeness (QED) is 0.432. The highest BCUT2D eigenvalue weighted by Crippen LogP contribution is 2.25. The lowest BCUT2D eigenvalue weighted by molar-refractivity contribution is -0.120. The van der Waals surface area contributed by atoms with E-state index >= 15 is 0 Å². The van der Waals surface area contributed by atoms with Crippen LogP contribution in [0.2, 0.25) is 0 Å². The Kier molecular flexibility index (Phi) is 4.70. The van der Waals surface area contributed by atoms with Gasteiger partial charge in [0, 0.05) is 17.7 Å². The highest BCUT2D eigenvalue weighted by molar-refractivity contribution is 5.87. The van der Waals surface area contributed by atoms with Crippen molar-refractivity contribution in [2.24, 2.45) is 5.10 Å². The molecule has 0 aliphatic heterocycles. The molecule has 0 atom stereocenters. The van der Waals surface area contributed by atoms with Crippen LogP contribution in [-0.4, -0.2) is 32.5 Å². The lowest BCUT2D eigenvalue weighted by atomic mass is 10.1. The molecule has 0 aliphatic carbocycles. The zero-order valence-corrected chi connectivity index (χ0v) is 12.3.